The fourth-order valence-electron chi connectivity index (χ4n) is 1.66. The third-order valence-electron chi connectivity index (χ3n) is 2.54. The molecule has 1 atom stereocenters. The first-order valence-electron chi connectivity index (χ1n) is 5.40. The topological polar surface area (TPSA) is 42.0 Å². The van der Waals surface area contributed by atoms with Crippen molar-refractivity contribution in [2.45, 2.75) is 24.5 Å². The van der Waals surface area contributed by atoms with Crippen LogP contribution in [0, 0.1) is 0 Å². The maximum atomic E-state index is 12.0. The molecule has 0 aromatic carbocycles. The molecule has 0 saturated carbocycles. The van der Waals surface area contributed by atoms with Crippen LogP contribution >= 0.6 is 39.3 Å². The molecule has 0 aliphatic carbocycles. The zero-order valence-electron chi connectivity index (χ0n) is 9.08. The molecule has 0 bridgehead atoms. The first-order valence-corrected chi connectivity index (χ1v) is 7.62. The normalized spacial score (nSPS) is 20.0. The van der Waals surface area contributed by atoms with Gasteiger partial charge in [-0.05, 0) is 40.6 Å². The first-order chi connectivity index (χ1) is 8.16. The third kappa shape index (κ3) is 3.60. The maximum Gasteiger partial charge on any atom is 0.237 e. The number of pyridine rings is 1. The van der Waals surface area contributed by atoms with Gasteiger partial charge in [-0.15, -0.1) is 11.8 Å². The van der Waals surface area contributed by atoms with Gasteiger partial charge < -0.3 is 5.32 Å². The molecule has 1 amide bonds. The van der Waals surface area contributed by atoms with Gasteiger partial charge in [0.15, 0.2) is 0 Å². The van der Waals surface area contributed by atoms with Gasteiger partial charge in [0.25, 0.3) is 0 Å². The number of nitrogens with zero attached hydrogens (tertiary/aromatic N) is 1. The van der Waals surface area contributed by atoms with Gasteiger partial charge in [0, 0.05) is 0 Å². The average Bonchev–Trinajstić information content (AvgIpc) is 2.35. The molecule has 1 unspecified atom stereocenters. The van der Waals surface area contributed by atoms with Gasteiger partial charge >= 0.3 is 0 Å². The molecule has 2 rings (SSSR count). The number of amides is 1. The Kier molecular flexibility index (Phi) is 4.70. The molecule has 6 heteroatoms. The van der Waals surface area contributed by atoms with E-state index >= 15 is 0 Å². The van der Waals surface area contributed by atoms with Crippen LogP contribution in [-0.4, -0.2) is 21.9 Å². The molecular formula is C11H12BrClN2OS. The zero-order valence-corrected chi connectivity index (χ0v) is 12.2. The largest absolute Gasteiger partial charge is 0.324 e. The van der Waals surface area contributed by atoms with Crippen molar-refractivity contribution in [1.82, 2.24) is 4.98 Å². The summed E-state index contributed by atoms with van der Waals surface area (Å²) in [6.07, 6.45) is 4.87. The summed E-state index contributed by atoms with van der Waals surface area (Å²) in [6.45, 7) is 0. The SMILES string of the molecule is O=C(Nc1cnc(Cl)c(Br)c1)C1CCCCS1. The zero-order chi connectivity index (χ0) is 12.3. The van der Waals surface area contributed by atoms with Gasteiger partial charge in [0.1, 0.15) is 5.15 Å². The number of carbonyl (C=O) groups excluding carboxylic acids is 1. The van der Waals surface area contributed by atoms with Gasteiger partial charge in [-0.25, -0.2) is 4.98 Å². The lowest BCUT2D eigenvalue weighted by Gasteiger charge is -2.20. The van der Waals surface area contributed by atoms with Crippen molar-refractivity contribution in [3.05, 3.63) is 21.9 Å². The van der Waals surface area contributed by atoms with Gasteiger partial charge in [0.2, 0.25) is 5.91 Å². The number of anilines is 1. The number of rotatable bonds is 2. The van der Waals surface area contributed by atoms with Crippen LogP contribution in [0.15, 0.2) is 16.7 Å². The van der Waals surface area contributed by atoms with Crippen molar-refractivity contribution in [3.63, 3.8) is 0 Å². The third-order valence-corrected chi connectivity index (χ3v) is 5.05. The minimum atomic E-state index is 0.0609. The summed E-state index contributed by atoms with van der Waals surface area (Å²) in [5.74, 6) is 1.13. The summed E-state index contributed by atoms with van der Waals surface area (Å²) >= 11 is 10.8. The van der Waals surface area contributed by atoms with Crippen molar-refractivity contribution in [2.24, 2.45) is 0 Å². The summed E-state index contributed by atoms with van der Waals surface area (Å²) in [4.78, 5) is 15.9. The average molecular weight is 336 g/mol. The molecule has 1 aliphatic rings. The Labute approximate surface area is 118 Å². The van der Waals surface area contributed by atoms with Crippen molar-refractivity contribution in [2.75, 3.05) is 11.1 Å². The Balaban J connectivity index is 1.99. The molecular weight excluding hydrogens is 324 g/mol. The van der Waals surface area contributed by atoms with Crippen LogP contribution in [0.5, 0.6) is 0 Å². The number of halogens is 2. The molecule has 0 spiro atoms. The van der Waals surface area contributed by atoms with Crippen LogP contribution in [0.25, 0.3) is 0 Å². The Morgan fingerprint density at radius 3 is 3.06 bits per heavy atom. The highest BCUT2D eigenvalue weighted by Gasteiger charge is 2.21. The second-order valence-corrected chi connectivity index (χ2v) is 6.36. The van der Waals surface area contributed by atoms with Crippen molar-refractivity contribution in [1.29, 1.82) is 0 Å². The van der Waals surface area contributed by atoms with Crippen molar-refractivity contribution >= 4 is 50.9 Å². The monoisotopic (exact) mass is 334 g/mol. The number of thioether (sulfide) groups is 1. The fourth-order valence-corrected chi connectivity index (χ4v) is 3.31. The molecule has 1 saturated heterocycles. The molecule has 2 heterocycles. The van der Waals surface area contributed by atoms with E-state index in [1.54, 1.807) is 24.0 Å². The Morgan fingerprint density at radius 2 is 2.41 bits per heavy atom. The van der Waals surface area contributed by atoms with E-state index in [0.717, 1.165) is 18.6 Å². The molecule has 1 fully saturated rings. The highest BCUT2D eigenvalue weighted by atomic mass is 79.9. The molecule has 1 aromatic heterocycles. The van der Waals surface area contributed by atoms with E-state index in [-0.39, 0.29) is 11.2 Å². The molecule has 92 valence electrons. The van der Waals surface area contributed by atoms with Crippen molar-refractivity contribution in [3.8, 4) is 0 Å². The minimum Gasteiger partial charge on any atom is -0.324 e. The number of hydrogen-bond donors (Lipinski definition) is 1. The van der Waals surface area contributed by atoms with E-state index in [1.807, 2.05) is 0 Å². The summed E-state index contributed by atoms with van der Waals surface area (Å²) in [6, 6.07) is 1.76. The molecule has 0 radical (unpaired) electrons. The fraction of sp³-hybridized carbons (Fsp3) is 0.455. The first kappa shape index (κ1) is 13.2. The maximum absolute atomic E-state index is 12.0. The highest BCUT2D eigenvalue weighted by molar-refractivity contribution is 9.10. The van der Waals surface area contributed by atoms with Crippen LogP contribution in [0.2, 0.25) is 5.15 Å². The number of nitrogens with one attached hydrogen (secondary N) is 1. The van der Waals surface area contributed by atoms with Gasteiger partial charge in [-0.2, -0.15) is 0 Å². The van der Waals surface area contributed by atoms with Gasteiger partial charge in [-0.3, -0.25) is 4.79 Å². The molecule has 1 aromatic rings. The second kappa shape index (κ2) is 6.07. The Bertz CT molecular complexity index is 424. The van der Waals surface area contributed by atoms with E-state index in [9.17, 15) is 4.79 Å². The second-order valence-electron chi connectivity index (χ2n) is 3.84. The van der Waals surface area contributed by atoms with E-state index in [1.165, 1.54) is 6.42 Å². The van der Waals surface area contributed by atoms with E-state index in [4.69, 9.17) is 11.6 Å². The van der Waals surface area contributed by atoms with Crippen molar-refractivity contribution < 1.29 is 4.79 Å². The molecule has 3 nitrogen and oxygen atoms in total. The van der Waals surface area contributed by atoms with Crippen LogP contribution in [0.4, 0.5) is 5.69 Å². The van der Waals surface area contributed by atoms with Crippen LogP contribution in [-0.2, 0) is 4.79 Å². The van der Waals surface area contributed by atoms with Crippen LogP contribution in [0.3, 0.4) is 0 Å². The summed E-state index contributed by atoms with van der Waals surface area (Å²) < 4.78 is 0.688. The molecule has 1 aliphatic heterocycles. The molecule has 17 heavy (non-hydrogen) atoms. The Hall–Kier alpha value is -0.260. The predicted octanol–water partition coefficient (Wildman–Crippen LogP) is 3.72. The van der Waals surface area contributed by atoms with Crippen LogP contribution in [0.1, 0.15) is 19.3 Å². The lowest BCUT2D eigenvalue weighted by Crippen LogP contribution is -2.27. The standard InChI is InChI=1S/C11H12BrClN2OS/c12-8-5-7(6-14-10(8)13)15-11(16)9-3-1-2-4-17-9/h5-6,9H,1-4H2,(H,15,16). The number of aromatic nitrogens is 1. The van der Waals surface area contributed by atoms with E-state index in [2.05, 4.69) is 26.2 Å². The predicted molar refractivity (Wildman–Crippen MR) is 75.7 cm³/mol. The van der Waals surface area contributed by atoms with E-state index < -0.39 is 0 Å². The summed E-state index contributed by atoms with van der Waals surface area (Å²) in [5.41, 5.74) is 0.678. The smallest absolute Gasteiger partial charge is 0.237 e. The summed E-state index contributed by atoms with van der Waals surface area (Å²) in [5, 5.41) is 3.33. The Morgan fingerprint density at radius 1 is 1.59 bits per heavy atom. The lowest BCUT2D eigenvalue weighted by atomic mass is 10.2. The van der Waals surface area contributed by atoms with Crippen LogP contribution < -0.4 is 5.32 Å². The minimum absolute atomic E-state index is 0.0609. The quantitative estimate of drug-likeness (QED) is 0.838. The molecule has 1 N–H and O–H groups in total. The van der Waals surface area contributed by atoms with Gasteiger partial charge in [0.05, 0.1) is 21.6 Å². The number of hydrogen-bond acceptors (Lipinski definition) is 3. The summed E-state index contributed by atoms with van der Waals surface area (Å²) in [7, 11) is 0. The van der Waals surface area contributed by atoms with E-state index in [0.29, 0.717) is 15.3 Å². The lowest BCUT2D eigenvalue weighted by molar-refractivity contribution is -0.115. The number of carbonyl (C=O) groups is 1. The van der Waals surface area contributed by atoms with Gasteiger partial charge in [-0.1, -0.05) is 18.0 Å². The highest BCUT2D eigenvalue weighted by Crippen LogP contribution is 2.27.